The van der Waals surface area contributed by atoms with Crippen molar-refractivity contribution in [1.29, 1.82) is 0 Å². The highest BCUT2D eigenvalue weighted by Gasteiger charge is 2.34. The molecule has 2 aliphatic rings. The minimum atomic E-state index is -3.65. The molecule has 1 aliphatic carbocycles. The Hall–Kier alpha value is -2.49. The van der Waals surface area contributed by atoms with E-state index in [0.717, 1.165) is 31.4 Å². The number of rotatable bonds is 6. The number of carbonyl (C=O) groups excluding carboxylic acids is 1. The van der Waals surface area contributed by atoms with E-state index in [-0.39, 0.29) is 16.8 Å². The van der Waals surface area contributed by atoms with E-state index < -0.39 is 16.1 Å². The Morgan fingerprint density at radius 3 is 2.61 bits per heavy atom. The molecule has 7 nitrogen and oxygen atoms in total. The fourth-order valence-electron chi connectivity index (χ4n) is 4.22. The van der Waals surface area contributed by atoms with Crippen molar-refractivity contribution in [2.24, 2.45) is 5.92 Å². The number of nitrogens with one attached hydrogen (secondary N) is 2. The van der Waals surface area contributed by atoms with Crippen LogP contribution in [0.5, 0.6) is 0 Å². The van der Waals surface area contributed by atoms with Gasteiger partial charge in [0.2, 0.25) is 10.0 Å². The van der Waals surface area contributed by atoms with Crippen molar-refractivity contribution in [3.63, 3.8) is 0 Å². The number of carbonyl (C=O) groups is 1. The standard InChI is InChI=1S/C24H31FN4O3S/c1-17-15-19(9-10-22(17)25)23(18-7-8-18)27-24(30)26-20-5-3-6-21(16-20)33(31,32)29-12-4-11-28(2)13-14-29/h3,5-6,9-10,15-16,18,23H,4,7-8,11-14H2,1-2H3,(H2,26,27,30). The minimum absolute atomic E-state index is 0.165. The van der Waals surface area contributed by atoms with Gasteiger partial charge in [-0.05, 0) is 81.1 Å². The first kappa shape index (κ1) is 23.7. The molecule has 2 aromatic carbocycles. The fraction of sp³-hybridized carbons (Fsp3) is 0.458. The molecule has 0 radical (unpaired) electrons. The zero-order valence-electron chi connectivity index (χ0n) is 19.1. The predicted octanol–water partition coefficient (Wildman–Crippen LogP) is 3.73. The van der Waals surface area contributed by atoms with E-state index >= 15 is 0 Å². The number of nitrogens with zero attached hydrogens (tertiary/aromatic N) is 2. The summed E-state index contributed by atoms with van der Waals surface area (Å²) in [5.41, 5.74) is 1.82. The third-order valence-corrected chi connectivity index (χ3v) is 8.22. The first-order chi connectivity index (χ1) is 15.7. The lowest BCUT2D eigenvalue weighted by molar-refractivity contribution is 0.247. The molecule has 9 heteroatoms. The van der Waals surface area contributed by atoms with E-state index in [1.165, 1.54) is 16.4 Å². The second-order valence-electron chi connectivity index (χ2n) is 9.01. The average molecular weight is 475 g/mol. The van der Waals surface area contributed by atoms with Crippen LogP contribution in [-0.4, -0.2) is 56.9 Å². The lowest BCUT2D eigenvalue weighted by Crippen LogP contribution is -2.35. The van der Waals surface area contributed by atoms with Crippen molar-refractivity contribution in [1.82, 2.24) is 14.5 Å². The molecule has 2 fully saturated rings. The van der Waals surface area contributed by atoms with Gasteiger partial charge in [0.1, 0.15) is 5.82 Å². The Balaban J connectivity index is 1.46. The summed E-state index contributed by atoms with van der Waals surface area (Å²) in [6, 6.07) is 10.6. The Labute approximate surface area is 195 Å². The maximum absolute atomic E-state index is 13.7. The number of halogens is 1. The molecule has 1 saturated carbocycles. The summed E-state index contributed by atoms with van der Waals surface area (Å²) in [5, 5.41) is 5.76. The highest BCUT2D eigenvalue weighted by Crippen LogP contribution is 2.41. The van der Waals surface area contributed by atoms with Crippen molar-refractivity contribution in [2.75, 3.05) is 38.5 Å². The van der Waals surface area contributed by atoms with Gasteiger partial charge >= 0.3 is 6.03 Å². The van der Waals surface area contributed by atoms with Gasteiger partial charge in [-0.1, -0.05) is 18.2 Å². The first-order valence-electron chi connectivity index (χ1n) is 11.4. The highest BCUT2D eigenvalue weighted by atomic mass is 32.2. The number of likely N-dealkylation sites (N-methyl/N-ethyl adjacent to an activating group) is 1. The summed E-state index contributed by atoms with van der Waals surface area (Å²) < 4.78 is 41.5. The van der Waals surface area contributed by atoms with Crippen LogP contribution in [0.4, 0.5) is 14.9 Å². The van der Waals surface area contributed by atoms with Crippen molar-refractivity contribution in [2.45, 2.75) is 37.1 Å². The van der Waals surface area contributed by atoms with Crippen LogP contribution in [-0.2, 0) is 10.0 Å². The Kier molecular flexibility index (Phi) is 7.02. The summed E-state index contributed by atoms with van der Waals surface area (Å²) in [6.07, 6.45) is 2.78. The summed E-state index contributed by atoms with van der Waals surface area (Å²) in [6.45, 7) is 4.17. The second kappa shape index (κ2) is 9.79. The Morgan fingerprint density at radius 1 is 1.09 bits per heavy atom. The van der Waals surface area contributed by atoms with Gasteiger partial charge in [-0.25, -0.2) is 17.6 Å². The monoisotopic (exact) mass is 474 g/mol. The zero-order chi connectivity index (χ0) is 23.6. The van der Waals surface area contributed by atoms with Gasteiger partial charge in [-0.2, -0.15) is 4.31 Å². The van der Waals surface area contributed by atoms with Gasteiger partial charge in [-0.3, -0.25) is 0 Å². The second-order valence-corrected chi connectivity index (χ2v) is 10.9. The molecule has 33 heavy (non-hydrogen) atoms. The quantitative estimate of drug-likeness (QED) is 0.669. The number of hydrogen-bond acceptors (Lipinski definition) is 4. The van der Waals surface area contributed by atoms with Gasteiger partial charge in [0.15, 0.2) is 0 Å². The number of amides is 2. The topological polar surface area (TPSA) is 81.8 Å². The summed E-state index contributed by atoms with van der Waals surface area (Å²) >= 11 is 0. The van der Waals surface area contributed by atoms with Crippen LogP contribution in [0, 0.1) is 18.7 Å². The van der Waals surface area contributed by atoms with E-state index in [4.69, 9.17) is 0 Å². The van der Waals surface area contributed by atoms with E-state index in [2.05, 4.69) is 15.5 Å². The number of benzene rings is 2. The predicted molar refractivity (Wildman–Crippen MR) is 126 cm³/mol. The molecule has 2 amide bonds. The third kappa shape index (κ3) is 5.72. The van der Waals surface area contributed by atoms with Gasteiger partial charge in [0.05, 0.1) is 10.9 Å². The normalized spacial score (nSPS) is 19.0. The molecular weight excluding hydrogens is 443 g/mol. The lowest BCUT2D eigenvalue weighted by atomic mass is 10.0. The summed E-state index contributed by atoms with van der Waals surface area (Å²) in [4.78, 5) is 15.0. The van der Waals surface area contributed by atoms with Crippen LogP contribution in [0.15, 0.2) is 47.4 Å². The Morgan fingerprint density at radius 2 is 1.88 bits per heavy atom. The number of urea groups is 1. The van der Waals surface area contributed by atoms with E-state index in [1.54, 1.807) is 37.3 Å². The maximum Gasteiger partial charge on any atom is 0.319 e. The number of aryl methyl sites for hydroxylation is 1. The molecule has 0 aromatic heterocycles. The molecule has 1 saturated heterocycles. The molecular formula is C24H31FN4O3S. The molecule has 4 rings (SSSR count). The van der Waals surface area contributed by atoms with Crippen molar-refractivity contribution >= 4 is 21.7 Å². The molecule has 2 aromatic rings. The molecule has 1 unspecified atom stereocenters. The third-order valence-electron chi connectivity index (χ3n) is 6.33. The number of sulfonamides is 1. The van der Waals surface area contributed by atoms with Crippen molar-refractivity contribution in [3.8, 4) is 0 Å². The molecule has 0 bridgehead atoms. The largest absolute Gasteiger partial charge is 0.331 e. The Bertz CT molecular complexity index is 1120. The van der Waals surface area contributed by atoms with Crippen LogP contribution in [0.3, 0.4) is 0 Å². The zero-order valence-corrected chi connectivity index (χ0v) is 19.9. The molecule has 1 atom stereocenters. The minimum Gasteiger partial charge on any atom is -0.331 e. The summed E-state index contributed by atoms with van der Waals surface area (Å²) in [5.74, 6) is 0.0420. The van der Waals surface area contributed by atoms with Crippen LogP contribution < -0.4 is 10.6 Å². The molecule has 2 N–H and O–H groups in total. The molecule has 1 aliphatic heterocycles. The van der Waals surface area contributed by atoms with Crippen LogP contribution >= 0.6 is 0 Å². The fourth-order valence-corrected chi connectivity index (χ4v) is 5.74. The molecule has 0 spiro atoms. The van der Waals surface area contributed by atoms with Crippen LogP contribution in [0.2, 0.25) is 0 Å². The number of hydrogen-bond donors (Lipinski definition) is 2. The van der Waals surface area contributed by atoms with Crippen LogP contribution in [0.25, 0.3) is 0 Å². The molecule has 1 heterocycles. The SMILES string of the molecule is Cc1cc(C(NC(=O)Nc2cccc(S(=O)(=O)N3CCCN(C)CC3)c2)C2CC2)ccc1F. The van der Waals surface area contributed by atoms with E-state index in [0.29, 0.717) is 36.8 Å². The van der Waals surface area contributed by atoms with Gasteiger partial charge in [-0.15, -0.1) is 0 Å². The van der Waals surface area contributed by atoms with Gasteiger partial charge < -0.3 is 15.5 Å². The lowest BCUT2D eigenvalue weighted by Gasteiger charge is -2.21. The first-order valence-corrected chi connectivity index (χ1v) is 12.8. The smallest absolute Gasteiger partial charge is 0.319 e. The van der Waals surface area contributed by atoms with Gasteiger partial charge in [0, 0.05) is 25.3 Å². The summed E-state index contributed by atoms with van der Waals surface area (Å²) in [7, 11) is -1.66. The van der Waals surface area contributed by atoms with Gasteiger partial charge in [0.25, 0.3) is 0 Å². The van der Waals surface area contributed by atoms with E-state index in [1.807, 2.05) is 7.05 Å². The molecule has 178 valence electrons. The van der Waals surface area contributed by atoms with Crippen molar-refractivity contribution in [3.05, 3.63) is 59.4 Å². The van der Waals surface area contributed by atoms with E-state index in [9.17, 15) is 17.6 Å². The highest BCUT2D eigenvalue weighted by molar-refractivity contribution is 7.89. The average Bonchev–Trinajstić information content (AvgIpc) is 3.62. The number of anilines is 1. The van der Waals surface area contributed by atoms with Crippen molar-refractivity contribution < 1.29 is 17.6 Å². The maximum atomic E-state index is 13.7. The van der Waals surface area contributed by atoms with Crippen LogP contribution in [0.1, 0.15) is 36.4 Å².